The summed E-state index contributed by atoms with van der Waals surface area (Å²) in [7, 11) is 0. The Labute approximate surface area is 98.5 Å². The van der Waals surface area contributed by atoms with E-state index in [1.807, 2.05) is 6.26 Å². The number of hydrogen-bond acceptors (Lipinski definition) is 4. The molecule has 0 atom stereocenters. The van der Waals surface area contributed by atoms with Gasteiger partial charge < -0.3 is 5.11 Å². The van der Waals surface area contributed by atoms with Gasteiger partial charge in [0.15, 0.2) is 5.16 Å². The highest BCUT2D eigenvalue weighted by Gasteiger charge is 2.44. The Bertz CT molecular complexity index is 403. The maximum absolute atomic E-state index is 11.5. The summed E-state index contributed by atoms with van der Waals surface area (Å²) in [6, 6.07) is 1.74. The first-order chi connectivity index (χ1) is 7.69. The zero-order chi connectivity index (χ0) is 11.6. The second-order valence-corrected chi connectivity index (χ2v) is 4.80. The summed E-state index contributed by atoms with van der Waals surface area (Å²) in [5, 5.41) is 10.1. The van der Waals surface area contributed by atoms with Gasteiger partial charge in [-0.3, -0.25) is 4.79 Å². The first kappa shape index (κ1) is 11.4. The smallest absolute Gasteiger partial charge is 0.315 e. The Morgan fingerprint density at radius 2 is 2.19 bits per heavy atom. The second-order valence-electron chi connectivity index (χ2n) is 4.02. The van der Waals surface area contributed by atoms with Crippen LogP contribution in [0, 0.1) is 0 Å². The number of aromatic nitrogens is 2. The Morgan fingerprint density at radius 1 is 1.50 bits per heavy atom. The topological polar surface area (TPSA) is 63.1 Å². The minimum Gasteiger partial charge on any atom is -0.481 e. The predicted octanol–water partition coefficient (Wildman–Crippen LogP) is 2.09. The van der Waals surface area contributed by atoms with Crippen LogP contribution in [0.25, 0.3) is 0 Å². The summed E-state index contributed by atoms with van der Waals surface area (Å²) < 4.78 is 0. The normalized spacial score (nSPS) is 18.6. The van der Waals surface area contributed by atoms with Gasteiger partial charge in [-0.1, -0.05) is 24.6 Å². The quantitative estimate of drug-likeness (QED) is 0.645. The van der Waals surface area contributed by atoms with E-state index in [0.717, 1.165) is 12.8 Å². The molecule has 1 N–H and O–H groups in total. The average molecular weight is 238 g/mol. The molecule has 0 radical (unpaired) electrons. The molecule has 1 heterocycles. The van der Waals surface area contributed by atoms with Crippen molar-refractivity contribution in [3.63, 3.8) is 0 Å². The molecule has 4 nitrogen and oxygen atoms in total. The number of aliphatic carboxylic acids is 1. The average Bonchev–Trinajstić information content (AvgIpc) is 2.79. The molecular formula is C11H14N2O2S. The highest BCUT2D eigenvalue weighted by atomic mass is 32.2. The van der Waals surface area contributed by atoms with Crippen molar-refractivity contribution in [2.75, 3.05) is 6.26 Å². The lowest BCUT2D eigenvalue weighted by Gasteiger charge is -2.22. The van der Waals surface area contributed by atoms with Crippen LogP contribution in [0.1, 0.15) is 31.4 Å². The predicted molar refractivity (Wildman–Crippen MR) is 61.6 cm³/mol. The third kappa shape index (κ3) is 1.80. The number of carboxylic acid groups (broad SMARTS) is 1. The zero-order valence-electron chi connectivity index (χ0n) is 9.14. The van der Waals surface area contributed by atoms with Crippen LogP contribution in [0.2, 0.25) is 0 Å². The van der Waals surface area contributed by atoms with Gasteiger partial charge in [0.2, 0.25) is 0 Å². The third-order valence-corrected chi connectivity index (χ3v) is 3.73. The molecule has 0 saturated heterocycles. The number of thioether (sulfide) groups is 1. The molecule has 16 heavy (non-hydrogen) atoms. The highest BCUT2D eigenvalue weighted by molar-refractivity contribution is 7.98. The minimum atomic E-state index is -0.770. The largest absolute Gasteiger partial charge is 0.481 e. The molecule has 1 aromatic rings. The standard InChI is InChI=1S/C11H14N2O2S/c1-16-10-12-7-4-8(13-10)11(9(14)15)5-2-3-6-11/h4,7H,2-3,5-6H2,1H3,(H,14,15). The second kappa shape index (κ2) is 4.41. The van der Waals surface area contributed by atoms with Gasteiger partial charge >= 0.3 is 5.97 Å². The van der Waals surface area contributed by atoms with Crippen molar-refractivity contribution in [2.24, 2.45) is 0 Å². The molecule has 1 aromatic heterocycles. The van der Waals surface area contributed by atoms with Gasteiger partial charge in [0, 0.05) is 6.20 Å². The lowest BCUT2D eigenvalue weighted by molar-refractivity contribution is -0.143. The van der Waals surface area contributed by atoms with Crippen LogP contribution in [0.15, 0.2) is 17.4 Å². The molecule has 0 aliphatic heterocycles. The Balaban J connectivity index is 2.43. The maximum Gasteiger partial charge on any atom is 0.315 e. The van der Waals surface area contributed by atoms with Crippen molar-refractivity contribution >= 4 is 17.7 Å². The number of carbonyl (C=O) groups is 1. The molecular weight excluding hydrogens is 224 g/mol. The first-order valence-corrected chi connectivity index (χ1v) is 6.52. The molecule has 0 bridgehead atoms. The van der Waals surface area contributed by atoms with E-state index in [0.29, 0.717) is 23.7 Å². The van der Waals surface area contributed by atoms with Crippen LogP contribution >= 0.6 is 11.8 Å². The molecule has 5 heteroatoms. The van der Waals surface area contributed by atoms with Gasteiger partial charge in [-0.25, -0.2) is 9.97 Å². The summed E-state index contributed by atoms with van der Waals surface area (Å²) in [6.07, 6.45) is 6.84. The molecule has 0 aromatic carbocycles. The molecule has 0 spiro atoms. The number of hydrogen-bond donors (Lipinski definition) is 1. The highest BCUT2D eigenvalue weighted by Crippen LogP contribution is 2.40. The van der Waals surface area contributed by atoms with Crippen molar-refractivity contribution < 1.29 is 9.90 Å². The Kier molecular flexibility index (Phi) is 3.14. The van der Waals surface area contributed by atoms with Crippen LogP contribution in [0.4, 0.5) is 0 Å². The van der Waals surface area contributed by atoms with Crippen LogP contribution in [0.5, 0.6) is 0 Å². The first-order valence-electron chi connectivity index (χ1n) is 5.30. The van der Waals surface area contributed by atoms with Gasteiger partial charge in [0.1, 0.15) is 5.41 Å². The molecule has 1 fully saturated rings. The van der Waals surface area contributed by atoms with E-state index >= 15 is 0 Å². The molecule has 1 saturated carbocycles. The summed E-state index contributed by atoms with van der Waals surface area (Å²) in [6.45, 7) is 0. The molecule has 86 valence electrons. The summed E-state index contributed by atoms with van der Waals surface area (Å²) >= 11 is 1.44. The molecule has 0 amide bonds. The van der Waals surface area contributed by atoms with Crippen LogP contribution in [-0.2, 0) is 10.2 Å². The van der Waals surface area contributed by atoms with E-state index in [4.69, 9.17) is 0 Å². The molecule has 1 aliphatic rings. The minimum absolute atomic E-state index is 0.644. The van der Waals surface area contributed by atoms with Crippen molar-refractivity contribution in [3.8, 4) is 0 Å². The van der Waals surface area contributed by atoms with Crippen LogP contribution in [-0.4, -0.2) is 27.3 Å². The number of carboxylic acids is 1. The monoisotopic (exact) mass is 238 g/mol. The Hall–Kier alpha value is -1.10. The summed E-state index contributed by atoms with van der Waals surface area (Å²) in [5.74, 6) is -0.754. The molecule has 1 aliphatic carbocycles. The number of rotatable bonds is 3. The van der Waals surface area contributed by atoms with Crippen molar-refractivity contribution in [1.82, 2.24) is 9.97 Å². The molecule has 2 rings (SSSR count). The van der Waals surface area contributed by atoms with E-state index in [-0.39, 0.29) is 0 Å². The third-order valence-electron chi connectivity index (χ3n) is 3.17. The van der Waals surface area contributed by atoms with E-state index < -0.39 is 11.4 Å². The van der Waals surface area contributed by atoms with Crippen LogP contribution < -0.4 is 0 Å². The van der Waals surface area contributed by atoms with Gasteiger partial charge in [-0.15, -0.1) is 0 Å². The number of nitrogens with zero attached hydrogens (tertiary/aromatic N) is 2. The van der Waals surface area contributed by atoms with E-state index in [9.17, 15) is 9.90 Å². The molecule has 0 unspecified atom stereocenters. The van der Waals surface area contributed by atoms with Crippen molar-refractivity contribution in [3.05, 3.63) is 18.0 Å². The van der Waals surface area contributed by atoms with Crippen LogP contribution in [0.3, 0.4) is 0 Å². The van der Waals surface area contributed by atoms with Gasteiger partial charge in [-0.2, -0.15) is 0 Å². The zero-order valence-corrected chi connectivity index (χ0v) is 9.96. The fourth-order valence-electron chi connectivity index (χ4n) is 2.26. The van der Waals surface area contributed by atoms with E-state index in [1.54, 1.807) is 12.3 Å². The SMILES string of the molecule is CSc1nccc(C2(C(=O)O)CCCC2)n1. The van der Waals surface area contributed by atoms with Crippen molar-refractivity contribution in [2.45, 2.75) is 36.3 Å². The van der Waals surface area contributed by atoms with E-state index in [2.05, 4.69) is 9.97 Å². The maximum atomic E-state index is 11.5. The fourth-order valence-corrected chi connectivity index (χ4v) is 2.62. The van der Waals surface area contributed by atoms with E-state index in [1.165, 1.54) is 11.8 Å². The lowest BCUT2D eigenvalue weighted by atomic mass is 9.82. The summed E-state index contributed by atoms with van der Waals surface area (Å²) in [4.78, 5) is 19.9. The van der Waals surface area contributed by atoms with Gasteiger partial charge in [-0.05, 0) is 25.2 Å². The van der Waals surface area contributed by atoms with Crippen molar-refractivity contribution in [1.29, 1.82) is 0 Å². The van der Waals surface area contributed by atoms with Gasteiger partial charge in [0.25, 0.3) is 0 Å². The Morgan fingerprint density at radius 3 is 2.75 bits per heavy atom. The summed E-state index contributed by atoms with van der Waals surface area (Å²) in [5.41, 5.74) is -0.107. The lowest BCUT2D eigenvalue weighted by Crippen LogP contribution is -2.33. The fraction of sp³-hybridized carbons (Fsp3) is 0.545. The van der Waals surface area contributed by atoms with Gasteiger partial charge in [0.05, 0.1) is 5.69 Å².